The highest BCUT2D eigenvalue weighted by Gasteiger charge is 2.34. The van der Waals surface area contributed by atoms with Crippen molar-refractivity contribution < 1.29 is 4.79 Å². The lowest BCUT2D eigenvalue weighted by Gasteiger charge is -2.41. The summed E-state index contributed by atoms with van der Waals surface area (Å²) in [7, 11) is 3.91. The fourth-order valence-corrected chi connectivity index (χ4v) is 3.04. The van der Waals surface area contributed by atoms with Crippen molar-refractivity contribution in [1.29, 1.82) is 0 Å². The molecule has 2 fully saturated rings. The van der Waals surface area contributed by atoms with E-state index in [1.165, 1.54) is 25.7 Å². The van der Waals surface area contributed by atoms with Gasteiger partial charge in [-0.1, -0.05) is 12.8 Å². The molecule has 2 aliphatic rings. The van der Waals surface area contributed by atoms with E-state index in [0.29, 0.717) is 12.0 Å². The van der Waals surface area contributed by atoms with E-state index in [0.717, 1.165) is 19.6 Å². The minimum absolute atomic E-state index is 0.235. The molecule has 92 valence electrons. The third-order valence-corrected chi connectivity index (χ3v) is 3.82. The van der Waals surface area contributed by atoms with Gasteiger partial charge in [0.05, 0.1) is 0 Å². The molecular formula is C12H23N3O. The predicted molar refractivity (Wildman–Crippen MR) is 64.4 cm³/mol. The molecule has 0 bridgehead atoms. The van der Waals surface area contributed by atoms with E-state index in [2.05, 4.69) is 10.2 Å². The van der Waals surface area contributed by atoms with Gasteiger partial charge in [-0.2, -0.15) is 0 Å². The molecule has 2 amide bonds. The zero-order valence-electron chi connectivity index (χ0n) is 10.4. The van der Waals surface area contributed by atoms with Gasteiger partial charge in [0.25, 0.3) is 0 Å². The molecule has 1 aliphatic carbocycles. The van der Waals surface area contributed by atoms with Gasteiger partial charge in [0.2, 0.25) is 0 Å². The Morgan fingerprint density at radius 3 is 2.62 bits per heavy atom. The van der Waals surface area contributed by atoms with E-state index in [1.807, 2.05) is 19.0 Å². The van der Waals surface area contributed by atoms with Crippen LogP contribution in [-0.2, 0) is 0 Å². The number of carbonyl (C=O) groups is 1. The first kappa shape index (κ1) is 11.7. The van der Waals surface area contributed by atoms with E-state index >= 15 is 0 Å². The molecule has 0 aromatic rings. The average molecular weight is 225 g/mol. The molecule has 4 nitrogen and oxygen atoms in total. The lowest BCUT2D eigenvalue weighted by Crippen LogP contribution is -2.56. The zero-order valence-corrected chi connectivity index (χ0v) is 10.4. The van der Waals surface area contributed by atoms with Gasteiger partial charge in [-0.25, -0.2) is 4.79 Å². The van der Waals surface area contributed by atoms with Crippen LogP contribution in [0.3, 0.4) is 0 Å². The Bertz CT molecular complexity index is 251. The zero-order chi connectivity index (χ0) is 11.5. The third kappa shape index (κ3) is 2.32. The number of carbonyl (C=O) groups excluding carboxylic acids is 1. The van der Waals surface area contributed by atoms with Crippen molar-refractivity contribution in [2.45, 2.75) is 31.7 Å². The predicted octanol–water partition coefficient (Wildman–Crippen LogP) is 1.13. The van der Waals surface area contributed by atoms with Crippen LogP contribution < -0.4 is 5.32 Å². The normalized spacial score (nSPS) is 27.9. The molecule has 1 aliphatic heterocycles. The molecule has 1 unspecified atom stereocenters. The van der Waals surface area contributed by atoms with E-state index < -0.39 is 0 Å². The van der Waals surface area contributed by atoms with Gasteiger partial charge in [-0.05, 0) is 19.9 Å². The van der Waals surface area contributed by atoms with Gasteiger partial charge in [-0.3, -0.25) is 0 Å². The summed E-state index contributed by atoms with van der Waals surface area (Å²) in [6, 6.07) is 0.744. The smallest absolute Gasteiger partial charge is 0.320 e. The van der Waals surface area contributed by atoms with Gasteiger partial charge < -0.3 is 15.1 Å². The maximum absolute atomic E-state index is 12.1. The van der Waals surface area contributed by atoms with Crippen molar-refractivity contribution in [2.24, 2.45) is 5.92 Å². The summed E-state index contributed by atoms with van der Waals surface area (Å²) < 4.78 is 0. The quantitative estimate of drug-likeness (QED) is 0.781. The van der Waals surface area contributed by atoms with Crippen molar-refractivity contribution in [3.8, 4) is 0 Å². The van der Waals surface area contributed by atoms with E-state index in [9.17, 15) is 4.79 Å². The Labute approximate surface area is 98.0 Å². The number of hydrogen-bond acceptors (Lipinski definition) is 2. The number of amides is 2. The maximum Gasteiger partial charge on any atom is 0.320 e. The summed E-state index contributed by atoms with van der Waals surface area (Å²) in [6.07, 6.45) is 4.97. The second-order valence-electron chi connectivity index (χ2n) is 5.18. The fraction of sp³-hybridized carbons (Fsp3) is 0.917. The van der Waals surface area contributed by atoms with Crippen LogP contribution in [0.4, 0.5) is 4.79 Å². The lowest BCUT2D eigenvalue weighted by molar-refractivity contribution is 0.0935. The second-order valence-corrected chi connectivity index (χ2v) is 5.18. The molecule has 1 saturated heterocycles. The van der Waals surface area contributed by atoms with Crippen LogP contribution in [0.5, 0.6) is 0 Å². The molecule has 4 heteroatoms. The minimum atomic E-state index is 0.235. The number of rotatable bonds is 3. The number of nitrogens with zero attached hydrogens (tertiary/aromatic N) is 2. The van der Waals surface area contributed by atoms with Crippen molar-refractivity contribution in [1.82, 2.24) is 15.1 Å². The lowest BCUT2D eigenvalue weighted by atomic mass is 10.0. The average Bonchev–Trinajstić information content (AvgIpc) is 2.76. The SMILES string of the molecule is CNCC1CN(C)C(=O)N(C2CCCC2)C1. The summed E-state index contributed by atoms with van der Waals surface area (Å²) in [5.74, 6) is 0.577. The fourth-order valence-electron chi connectivity index (χ4n) is 3.04. The first-order valence-corrected chi connectivity index (χ1v) is 6.38. The molecule has 1 atom stereocenters. The summed E-state index contributed by atoms with van der Waals surface area (Å²) in [4.78, 5) is 16.1. The Morgan fingerprint density at radius 2 is 2.00 bits per heavy atom. The first-order chi connectivity index (χ1) is 7.72. The number of hydrogen-bond donors (Lipinski definition) is 1. The van der Waals surface area contributed by atoms with Crippen molar-refractivity contribution in [3.63, 3.8) is 0 Å². The largest absolute Gasteiger partial charge is 0.327 e. The van der Waals surface area contributed by atoms with Crippen LogP contribution >= 0.6 is 0 Å². The molecule has 0 radical (unpaired) electrons. The molecule has 0 aromatic carbocycles. The molecule has 1 N–H and O–H groups in total. The van der Waals surface area contributed by atoms with Crippen LogP contribution in [0, 0.1) is 5.92 Å². The number of urea groups is 1. The molecule has 0 aromatic heterocycles. The molecule has 0 spiro atoms. The van der Waals surface area contributed by atoms with Gasteiger partial charge in [-0.15, -0.1) is 0 Å². The van der Waals surface area contributed by atoms with E-state index in [-0.39, 0.29) is 6.03 Å². The summed E-state index contributed by atoms with van der Waals surface area (Å²) in [5, 5.41) is 3.22. The van der Waals surface area contributed by atoms with Crippen LogP contribution in [0.25, 0.3) is 0 Å². The van der Waals surface area contributed by atoms with Gasteiger partial charge in [0, 0.05) is 38.6 Å². The van der Waals surface area contributed by atoms with Gasteiger partial charge >= 0.3 is 6.03 Å². The maximum atomic E-state index is 12.1. The Morgan fingerprint density at radius 1 is 1.31 bits per heavy atom. The van der Waals surface area contributed by atoms with Crippen molar-refractivity contribution in [3.05, 3.63) is 0 Å². The summed E-state index contributed by atoms with van der Waals surface area (Å²) in [6.45, 7) is 2.83. The highest BCUT2D eigenvalue weighted by molar-refractivity contribution is 5.75. The topological polar surface area (TPSA) is 35.6 Å². The Balaban J connectivity index is 2.00. The standard InChI is InChI=1S/C12H23N3O/c1-13-7-10-8-14(2)12(16)15(9-10)11-5-3-4-6-11/h10-11,13H,3-9H2,1-2H3. The van der Waals surface area contributed by atoms with Gasteiger partial charge in [0.1, 0.15) is 0 Å². The monoisotopic (exact) mass is 225 g/mol. The minimum Gasteiger partial charge on any atom is -0.327 e. The van der Waals surface area contributed by atoms with Crippen molar-refractivity contribution >= 4 is 6.03 Å². The molecule has 1 heterocycles. The first-order valence-electron chi connectivity index (χ1n) is 6.38. The van der Waals surface area contributed by atoms with Gasteiger partial charge in [0.15, 0.2) is 0 Å². The number of nitrogens with one attached hydrogen (secondary N) is 1. The summed E-state index contributed by atoms with van der Waals surface area (Å²) in [5.41, 5.74) is 0. The Hall–Kier alpha value is -0.770. The van der Waals surface area contributed by atoms with Crippen LogP contribution in [-0.4, -0.2) is 55.6 Å². The highest BCUT2D eigenvalue weighted by atomic mass is 16.2. The van der Waals surface area contributed by atoms with Crippen LogP contribution in [0.1, 0.15) is 25.7 Å². The third-order valence-electron chi connectivity index (χ3n) is 3.82. The molecule has 2 rings (SSSR count). The molecule has 1 saturated carbocycles. The molecule has 16 heavy (non-hydrogen) atoms. The van der Waals surface area contributed by atoms with E-state index in [1.54, 1.807) is 0 Å². The Kier molecular flexibility index (Phi) is 3.69. The van der Waals surface area contributed by atoms with E-state index in [4.69, 9.17) is 0 Å². The highest BCUT2D eigenvalue weighted by Crippen LogP contribution is 2.27. The van der Waals surface area contributed by atoms with Crippen LogP contribution in [0.15, 0.2) is 0 Å². The van der Waals surface area contributed by atoms with Crippen molar-refractivity contribution in [2.75, 3.05) is 33.7 Å². The van der Waals surface area contributed by atoms with Crippen LogP contribution in [0.2, 0.25) is 0 Å². The second kappa shape index (κ2) is 5.04. The molecular weight excluding hydrogens is 202 g/mol. The summed E-state index contributed by atoms with van der Waals surface area (Å²) >= 11 is 0.